The van der Waals surface area contributed by atoms with Crippen molar-refractivity contribution < 1.29 is 17.9 Å². The van der Waals surface area contributed by atoms with Crippen molar-refractivity contribution in [3.63, 3.8) is 0 Å². The maximum absolute atomic E-state index is 12.4. The Kier molecular flexibility index (Phi) is 5.33. The zero-order valence-corrected chi connectivity index (χ0v) is 15.2. The lowest BCUT2D eigenvalue weighted by Crippen LogP contribution is -2.40. The van der Waals surface area contributed by atoms with Gasteiger partial charge < -0.3 is 9.47 Å². The highest BCUT2D eigenvalue weighted by Gasteiger charge is 2.52. The topological polar surface area (TPSA) is 59.1 Å². The summed E-state index contributed by atoms with van der Waals surface area (Å²) in [5.74, 6) is 1.05. The van der Waals surface area contributed by atoms with Crippen molar-refractivity contribution in [1.82, 2.24) is 8.61 Å². The molecule has 3 fully saturated rings. The van der Waals surface area contributed by atoms with Crippen molar-refractivity contribution in [3.05, 3.63) is 0 Å². The highest BCUT2D eigenvalue weighted by atomic mass is 32.2. The molecule has 7 heteroatoms. The predicted molar refractivity (Wildman–Crippen MR) is 88.3 cm³/mol. The van der Waals surface area contributed by atoms with E-state index in [4.69, 9.17) is 9.47 Å². The zero-order chi connectivity index (χ0) is 16.5. The fraction of sp³-hybridized carbons (Fsp3) is 1.00. The highest BCUT2D eigenvalue weighted by Crippen LogP contribution is 2.49. The first-order valence-electron chi connectivity index (χ1n) is 8.77. The third-order valence-electron chi connectivity index (χ3n) is 5.88. The maximum Gasteiger partial charge on any atom is 0.281 e. The Morgan fingerprint density at radius 3 is 2.70 bits per heavy atom. The van der Waals surface area contributed by atoms with Crippen LogP contribution in [0.2, 0.25) is 0 Å². The van der Waals surface area contributed by atoms with Gasteiger partial charge in [-0.3, -0.25) is 0 Å². The minimum Gasteiger partial charge on any atom is -0.381 e. The molecule has 1 aliphatic carbocycles. The molecule has 0 aromatic heterocycles. The largest absolute Gasteiger partial charge is 0.381 e. The quantitative estimate of drug-likeness (QED) is 0.728. The third-order valence-corrected chi connectivity index (χ3v) is 7.73. The molecule has 0 unspecified atom stereocenters. The van der Waals surface area contributed by atoms with E-state index >= 15 is 0 Å². The van der Waals surface area contributed by atoms with Crippen LogP contribution in [0.5, 0.6) is 0 Å². The van der Waals surface area contributed by atoms with Gasteiger partial charge in [-0.05, 0) is 37.5 Å². The second-order valence-electron chi connectivity index (χ2n) is 7.61. The Balaban J connectivity index is 1.58. The van der Waals surface area contributed by atoms with Crippen LogP contribution < -0.4 is 0 Å². The molecule has 2 aliphatic heterocycles. The second-order valence-corrected chi connectivity index (χ2v) is 9.75. The molecule has 2 saturated heterocycles. The van der Waals surface area contributed by atoms with E-state index in [-0.39, 0.29) is 5.41 Å². The molecular formula is C16H30N2O4S. The summed E-state index contributed by atoms with van der Waals surface area (Å²) in [6.45, 7) is 4.45. The van der Waals surface area contributed by atoms with Crippen molar-refractivity contribution in [2.75, 3.05) is 53.6 Å². The predicted octanol–water partition coefficient (Wildman–Crippen LogP) is 1.34. The summed E-state index contributed by atoms with van der Waals surface area (Å²) in [5, 5.41) is 0. The van der Waals surface area contributed by atoms with Crippen molar-refractivity contribution in [3.8, 4) is 0 Å². The van der Waals surface area contributed by atoms with Crippen molar-refractivity contribution in [2.24, 2.45) is 17.3 Å². The Bertz CT molecular complexity index is 504. The van der Waals surface area contributed by atoms with Crippen LogP contribution in [0, 0.1) is 17.3 Å². The maximum atomic E-state index is 12.4. The molecule has 0 aromatic carbocycles. The molecule has 0 radical (unpaired) electrons. The fourth-order valence-electron chi connectivity index (χ4n) is 4.35. The van der Waals surface area contributed by atoms with Gasteiger partial charge >= 0.3 is 0 Å². The Morgan fingerprint density at radius 2 is 2.00 bits per heavy atom. The molecule has 0 spiro atoms. The molecule has 2 atom stereocenters. The average molecular weight is 346 g/mol. The molecule has 0 N–H and O–H groups in total. The molecule has 23 heavy (non-hydrogen) atoms. The lowest BCUT2D eigenvalue weighted by Gasteiger charge is -2.30. The monoisotopic (exact) mass is 346 g/mol. The van der Waals surface area contributed by atoms with Gasteiger partial charge in [0.25, 0.3) is 10.2 Å². The summed E-state index contributed by atoms with van der Waals surface area (Å²) in [6.07, 6.45) is 5.57. The Morgan fingerprint density at radius 1 is 1.26 bits per heavy atom. The van der Waals surface area contributed by atoms with Gasteiger partial charge in [0.2, 0.25) is 0 Å². The summed E-state index contributed by atoms with van der Waals surface area (Å²) in [4.78, 5) is 0. The van der Waals surface area contributed by atoms with Crippen LogP contribution >= 0.6 is 0 Å². The average Bonchev–Trinajstić information content (AvgIpc) is 3.05. The van der Waals surface area contributed by atoms with Crippen LogP contribution in [0.15, 0.2) is 0 Å². The summed E-state index contributed by atoms with van der Waals surface area (Å²) in [6, 6.07) is 0. The van der Waals surface area contributed by atoms with Crippen LogP contribution in [-0.2, 0) is 19.7 Å². The molecule has 3 rings (SSSR count). The van der Waals surface area contributed by atoms with E-state index in [0.717, 1.165) is 45.5 Å². The SMILES string of the molecule is CN(C)S(=O)(=O)N1C[C@@H]2CCC[C@]2(COCC2CCOCC2)C1. The fourth-order valence-corrected chi connectivity index (χ4v) is 5.60. The van der Waals surface area contributed by atoms with E-state index in [1.54, 1.807) is 18.4 Å². The van der Waals surface area contributed by atoms with E-state index < -0.39 is 10.2 Å². The summed E-state index contributed by atoms with van der Waals surface area (Å²) < 4.78 is 39.3. The van der Waals surface area contributed by atoms with Gasteiger partial charge in [0.05, 0.1) is 6.61 Å². The number of ether oxygens (including phenoxy) is 2. The van der Waals surface area contributed by atoms with Crippen LogP contribution in [0.25, 0.3) is 0 Å². The minimum atomic E-state index is -3.31. The summed E-state index contributed by atoms with van der Waals surface area (Å²) >= 11 is 0. The molecule has 0 aromatic rings. The van der Waals surface area contributed by atoms with Crippen molar-refractivity contribution >= 4 is 10.2 Å². The van der Waals surface area contributed by atoms with Crippen LogP contribution in [0.4, 0.5) is 0 Å². The molecule has 3 aliphatic rings. The highest BCUT2D eigenvalue weighted by molar-refractivity contribution is 7.86. The number of nitrogens with zero attached hydrogens (tertiary/aromatic N) is 2. The number of hydrogen-bond donors (Lipinski definition) is 0. The molecule has 1 saturated carbocycles. The molecule has 2 heterocycles. The molecule has 0 bridgehead atoms. The number of rotatable bonds is 6. The van der Waals surface area contributed by atoms with Gasteiger partial charge in [0, 0.05) is 52.4 Å². The molecular weight excluding hydrogens is 316 g/mol. The molecule has 134 valence electrons. The van der Waals surface area contributed by atoms with E-state index in [2.05, 4.69) is 0 Å². The molecule has 6 nitrogen and oxygen atoms in total. The van der Waals surface area contributed by atoms with Gasteiger partial charge in [-0.2, -0.15) is 17.0 Å². The van der Waals surface area contributed by atoms with Crippen molar-refractivity contribution in [2.45, 2.75) is 32.1 Å². The van der Waals surface area contributed by atoms with Crippen LogP contribution in [0.1, 0.15) is 32.1 Å². The Labute approximate surface area is 140 Å². The van der Waals surface area contributed by atoms with E-state index in [1.807, 2.05) is 0 Å². The van der Waals surface area contributed by atoms with Gasteiger partial charge in [0.15, 0.2) is 0 Å². The van der Waals surface area contributed by atoms with Gasteiger partial charge in [0.1, 0.15) is 0 Å². The zero-order valence-electron chi connectivity index (χ0n) is 14.4. The first-order chi connectivity index (χ1) is 10.9. The summed E-state index contributed by atoms with van der Waals surface area (Å²) in [7, 11) is -0.0899. The first kappa shape index (κ1) is 17.6. The summed E-state index contributed by atoms with van der Waals surface area (Å²) in [5.41, 5.74) is 0.0360. The van der Waals surface area contributed by atoms with Gasteiger partial charge in [-0.1, -0.05) is 6.42 Å². The van der Waals surface area contributed by atoms with E-state index in [0.29, 0.717) is 31.5 Å². The number of hydrogen-bond acceptors (Lipinski definition) is 4. The Hall–Kier alpha value is -0.210. The first-order valence-corrected chi connectivity index (χ1v) is 10.2. The lowest BCUT2D eigenvalue weighted by atomic mass is 9.81. The van der Waals surface area contributed by atoms with E-state index in [9.17, 15) is 8.42 Å². The lowest BCUT2D eigenvalue weighted by molar-refractivity contribution is -0.0116. The second kappa shape index (κ2) is 6.96. The normalized spacial score (nSPS) is 33.4. The number of fused-ring (bicyclic) bond motifs is 1. The van der Waals surface area contributed by atoms with Crippen LogP contribution in [-0.4, -0.2) is 70.6 Å². The van der Waals surface area contributed by atoms with Crippen LogP contribution in [0.3, 0.4) is 0 Å². The van der Waals surface area contributed by atoms with E-state index in [1.165, 1.54) is 10.7 Å². The standard InChI is InChI=1S/C16H30N2O4S/c1-17(2)23(19,20)18-10-15-4-3-7-16(15,12-18)13-22-11-14-5-8-21-9-6-14/h14-15H,3-13H2,1-2H3/t15-,16+/m0/s1. The van der Waals surface area contributed by atoms with Crippen molar-refractivity contribution in [1.29, 1.82) is 0 Å². The smallest absolute Gasteiger partial charge is 0.281 e. The van der Waals surface area contributed by atoms with Gasteiger partial charge in [-0.25, -0.2) is 0 Å². The minimum absolute atomic E-state index is 0.0360. The van der Waals surface area contributed by atoms with Gasteiger partial charge in [-0.15, -0.1) is 0 Å². The third kappa shape index (κ3) is 3.58. The molecule has 0 amide bonds.